The molecule has 4 atom stereocenters. The molecule has 2 bridgehead atoms. The van der Waals surface area contributed by atoms with E-state index < -0.39 is 0 Å². The first-order chi connectivity index (χ1) is 12.9. The number of carbonyl (C=O) groups excluding carboxylic acids is 2. The zero-order valence-electron chi connectivity index (χ0n) is 16.8. The van der Waals surface area contributed by atoms with Gasteiger partial charge in [0.25, 0.3) is 0 Å². The van der Waals surface area contributed by atoms with E-state index >= 15 is 0 Å². The summed E-state index contributed by atoms with van der Waals surface area (Å²) in [7, 11) is 0. The van der Waals surface area contributed by atoms with Crippen molar-refractivity contribution in [2.75, 3.05) is 26.2 Å². The van der Waals surface area contributed by atoms with Crippen molar-refractivity contribution in [2.45, 2.75) is 76.5 Å². The predicted molar refractivity (Wildman–Crippen MR) is 103 cm³/mol. The second kappa shape index (κ2) is 7.70. The van der Waals surface area contributed by atoms with Crippen LogP contribution in [0.1, 0.15) is 58.8 Å². The van der Waals surface area contributed by atoms with Gasteiger partial charge in [0, 0.05) is 43.9 Å². The molecular weight excluding hydrogens is 342 g/mol. The zero-order valence-corrected chi connectivity index (χ0v) is 16.8. The minimum Gasteiger partial charge on any atom is -0.370 e. The molecule has 0 radical (unpaired) electrons. The number of fused-ring (bicyclic) bond motifs is 1. The first kappa shape index (κ1) is 19.2. The van der Waals surface area contributed by atoms with Crippen LogP contribution in [0, 0.1) is 17.8 Å². The molecule has 0 aromatic rings. The van der Waals surface area contributed by atoms with Gasteiger partial charge >= 0.3 is 0 Å². The van der Waals surface area contributed by atoms with Crippen molar-refractivity contribution in [3.8, 4) is 0 Å². The molecule has 4 aliphatic rings. The first-order valence-electron chi connectivity index (χ1n) is 10.9. The Balaban J connectivity index is 1.26. The Morgan fingerprint density at radius 3 is 2.78 bits per heavy atom. The van der Waals surface area contributed by atoms with Crippen LogP contribution in [-0.4, -0.2) is 60.6 Å². The second-order valence-corrected chi connectivity index (χ2v) is 9.63. The third kappa shape index (κ3) is 4.32. The molecule has 1 aliphatic carbocycles. The van der Waals surface area contributed by atoms with E-state index in [4.69, 9.17) is 4.74 Å². The Morgan fingerprint density at radius 1 is 1.22 bits per heavy atom. The van der Waals surface area contributed by atoms with Gasteiger partial charge < -0.3 is 15.4 Å². The topological polar surface area (TPSA) is 70.7 Å². The predicted octanol–water partition coefficient (Wildman–Crippen LogP) is 1.69. The van der Waals surface area contributed by atoms with Gasteiger partial charge in [-0.25, -0.2) is 0 Å². The molecular formula is C21H35N3O3. The minimum atomic E-state index is -0.0719. The van der Waals surface area contributed by atoms with Crippen molar-refractivity contribution < 1.29 is 14.3 Å². The first-order valence-corrected chi connectivity index (χ1v) is 10.9. The molecule has 1 spiro atoms. The number of carbonyl (C=O) groups is 2. The van der Waals surface area contributed by atoms with E-state index in [1.54, 1.807) is 0 Å². The maximum absolute atomic E-state index is 12.2. The van der Waals surface area contributed by atoms with Crippen LogP contribution in [0.25, 0.3) is 0 Å². The third-order valence-corrected chi connectivity index (χ3v) is 6.88. The number of hydrogen-bond acceptors (Lipinski definition) is 4. The summed E-state index contributed by atoms with van der Waals surface area (Å²) in [6.45, 7) is 7.38. The fourth-order valence-electron chi connectivity index (χ4n) is 5.38. The van der Waals surface area contributed by atoms with Crippen LogP contribution in [0.4, 0.5) is 0 Å². The molecule has 0 unspecified atom stereocenters. The summed E-state index contributed by atoms with van der Waals surface area (Å²) in [5.41, 5.74) is -0.0719. The fourth-order valence-corrected chi connectivity index (χ4v) is 5.38. The van der Waals surface area contributed by atoms with Gasteiger partial charge in [0.05, 0.1) is 18.2 Å². The normalized spacial score (nSPS) is 34.9. The molecule has 2 amide bonds. The van der Waals surface area contributed by atoms with Crippen LogP contribution in [0.15, 0.2) is 0 Å². The number of hydrogen-bond donors (Lipinski definition) is 2. The highest BCUT2D eigenvalue weighted by molar-refractivity contribution is 5.78. The molecule has 2 N–H and O–H groups in total. The summed E-state index contributed by atoms with van der Waals surface area (Å²) in [6, 6.07) is 0.420. The largest absolute Gasteiger partial charge is 0.370 e. The summed E-state index contributed by atoms with van der Waals surface area (Å²) in [5, 5.41) is 6.25. The highest BCUT2D eigenvalue weighted by Crippen LogP contribution is 2.54. The van der Waals surface area contributed by atoms with Crippen molar-refractivity contribution in [3.05, 3.63) is 0 Å². The van der Waals surface area contributed by atoms with Gasteiger partial charge in [-0.05, 0) is 38.0 Å². The molecule has 6 heteroatoms. The summed E-state index contributed by atoms with van der Waals surface area (Å²) in [4.78, 5) is 26.6. The van der Waals surface area contributed by atoms with E-state index in [9.17, 15) is 9.59 Å². The molecule has 0 aromatic heterocycles. The lowest BCUT2D eigenvalue weighted by molar-refractivity contribution is -0.122. The van der Waals surface area contributed by atoms with Crippen LogP contribution in [0.3, 0.4) is 0 Å². The highest BCUT2D eigenvalue weighted by Gasteiger charge is 2.62. The number of nitrogens with one attached hydrogen (secondary N) is 2. The van der Waals surface area contributed by atoms with E-state index in [2.05, 4.69) is 29.4 Å². The van der Waals surface area contributed by atoms with Gasteiger partial charge in [0.2, 0.25) is 11.8 Å². The van der Waals surface area contributed by atoms with Gasteiger partial charge in [-0.1, -0.05) is 20.3 Å². The summed E-state index contributed by atoms with van der Waals surface area (Å²) in [6.07, 6.45) is 7.42. The Labute approximate surface area is 162 Å². The maximum Gasteiger partial charge on any atom is 0.234 e. The van der Waals surface area contributed by atoms with E-state index in [-0.39, 0.29) is 23.5 Å². The molecule has 3 aliphatic heterocycles. The standard InChI is InChI=1S/C21H35N3O3/c1-14(2)4-3-5-19(25)22-10-16-17-11-24(12-20(26)23-15-6-7-15)13-21(17)9-8-18(16)27-21/h14-18H,3-13H2,1-2H3,(H,22,25)(H,23,26)/t16-,17+,18+,21+/m0/s1. The number of amides is 2. The maximum atomic E-state index is 12.2. The lowest BCUT2D eigenvalue weighted by Gasteiger charge is -2.29. The van der Waals surface area contributed by atoms with Gasteiger partial charge in [0.1, 0.15) is 0 Å². The SMILES string of the molecule is CC(C)CCCC(=O)NC[C@H]1[C@H]2CN(CC(=O)NC3CC3)C[C@]23CC[C@H]1O3. The van der Waals surface area contributed by atoms with Gasteiger partial charge in [-0.2, -0.15) is 0 Å². The van der Waals surface area contributed by atoms with E-state index in [1.807, 2.05) is 0 Å². The van der Waals surface area contributed by atoms with Crippen molar-refractivity contribution in [3.63, 3.8) is 0 Å². The Bertz CT molecular complexity index is 577. The minimum absolute atomic E-state index is 0.0719. The molecule has 4 fully saturated rings. The quantitative estimate of drug-likeness (QED) is 0.641. The lowest BCUT2D eigenvalue weighted by Crippen LogP contribution is -2.41. The van der Waals surface area contributed by atoms with Gasteiger partial charge in [-0.15, -0.1) is 0 Å². The van der Waals surface area contributed by atoms with Gasteiger partial charge in [0.15, 0.2) is 0 Å². The monoisotopic (exact) mass is 377 g/mol. The average molecular weight is 378 g/mol. The van der Waals surface area contributed by atoms with E-state index in [0.29, 0.717) is 36.8 Å². The number of rotatable bonds is 9. The Hall–Kier alpha value is -1.14. The molecule has 152 valence electrons. The van der Waals surface area contributed by atoms with Crippen LogP contribution in [0.2, 0.25) is 0 Å². The van der Waals surface area contributed by atoms with E-state index in [0.717, 1.165) is 58.2 Å². The van der Waals surface area contributed by atoms with Crippen molar-refractivity contribution >= 4 is 11.8 Å². The molecule has 6 nitrogen and oxygen atoms in total. The number of likely N-dealkylation sites (tertiary alicyclic amines) is 1. The molecule has 3 saturated heterocycles. The third-order valence-electron chi connectivity index (χ3n) is 6.88. The average Bonchev–Trinajstić information content (AvgIpc) is 3.09. The smallest absolute Gasteiger partial charge is 0.234 e. The molecule has 4 rings (SSSR count). The summed E-state index contributed by atoms with van der Waals surface area (Å²) >= 11 is 0. The Kier molecular flexibility index (Phi) is 5.48. The molecule has 3 heterocycles. The van der Waals surface area contributed by atoms with Gasteiger partial charge in [-0.3, -0.25) is 14.5 Å². The van der Waals surface area contributed by atoms with Crippen molar-refractivity contribution in [1.82, 2.24) is 15.5 Å². The summed E-state index contributed by atoms with van der Waals surface area (Å²) in [5.74, 6) is 1.81. The van der Waals surface area contributed by atoms with Crippen molar-refractivity contribution in [2.24, 2.45) is 17.8 Å². The van der Waals surface area contributed by atoms with Crippen LogP contribution < -0.4 is 10.6 Å². The van der Waals surface area contributed by atoms with E-state index in [1.165, 1.54) is 0 Å². The number of ether oxygens (including phenoxy) is 1. The molecule has 27 heavy (non-hydrogen) atoms. The molecule has 1 saturated carbocycles. The van der Waals surface area contributed by atoms with Crippen molar-refractivity contribution in [1.29, 1.82) is 0 Å². The molecule has 0 aromatic carbocycles. The fraction of sp³-hybridized carbons (Fsp3) is 0.905. The van der Waals surface area contributed by atoms with Crippen LogP contribution >= 0.6 is 0 Å². The second-order valence-electron chi connectivity index (χ2n) is 9.63. The highest BCUT2D eigenvalue weighted by atomic mass is 16.5. The summed E-state index contributed by atoms with van der Waals surface area (Å²) < 4.78 is 6.42. The van der Waals surface area contributed by atoms with Crippen LogP contribution in [-0.2, 0) is 14.3 Å². The lowest BCUT2D eigenvalue weighted by atomic mass is 9.73. The zero-order chi connectivity index (χ0) is 19.0. The Morgan fingerprint density at radius 2 is 2.04 bits per heavy atom. The number of nitrogens with zero attached hydrogens (tertiary/aromatic N) is 1. The van der Waals surface area contributed by atoms with Crippen LogP contribution in [0.5, 0.6) is 0 Å².